The van der Waals surface area contributed by atoms with Crippen molar-refractivity contribution < 1.29 is 4.79 Å². The van der Waals surface area contributed by atoms with Crippen molar-refractivity contribution in [3.8, 4) is 0 Å². The number of hydrogen-bond acceptors (Lipinski definition) is 4. The standard InChI is InChI=1S/C20H19N3OS/c1-23(2)18-8-4-3-7-17(18)22-20(24)15-10-12-16(13-11-15)25-19-9-5-6-14-21-19/h3-14H,1-2H3,(H,22,24). The summed E-state index contributed by atoms with van der Waals surface area (Å²) in [5.41, 5.74) is 2.39. The van der Waals surface area contributed by atoms with Gasteiger partial charge in [0.1, 0.15) is 5.03 Å². The summed E-state index contributed by atoms with van der Waals surface area (Å²) < 4.78 is 0. The highest BCUT2D eigenvalue weighted by Gasteiger charge is 2.10. The lowest BCUT2D eigenvalue weighted by atomic mass is 10.2. The Morgan fingerprint density at radius 3 is 2.36 bits per heavy atom. The van der Waals surface area contributed by atoms with Crippen LogP contribution >= 0.6 is 11.8 Å². The minimum absolute atomic E-state index is 0.122. The highest BCUT2D eigenvalue weighted by Crippen LogP contribution is 2.27. The molecular formula is C20H19N3OS. The number of para-hydroxylation sites is 2. The maximum Gasteiger partial charge on any atom is 0.255 e. The summed E-state index contributed by atoms with van der Waals surface area (Å²) in [5, 5.41) is 3.91. The van der Waals surface area contributed by atoms with Crippen LogP contribution in [-0.2, 0) is 0 Å². The van der Waals surface area contributed by atoms with E-state index in [1.165, 1.54) is 0 Å². The Balaban J connectivity index is 1.71. The lowest BCUT2D eigenvalue weighted by Crippen LogP contribution is -2.16. The van der Waals surface area contributed by atoms with Crippen molar-refractivity contribution in [1.82, 2.24) is 4.98 Å². The number of benzene rings is 2. The normalized spacial score (nSPS) is 10.3. The summed E-state index contributed by atoms with van der Waals surface area (Å²) in [5.74, 6) is -0.122. The molecule has 1 amide bonds. The third kappa shape index (κ3) is 4.39. The summed E-state index contributed by atoms with van der Waals surface area (Å²) >= 11 is 1.57. The molecule has 1 N–H and O–H groups in total. The smallest absolute Gasteiger partial charge is 0.255 e. The molecule has 0 bridgehead atoms. The third-order valence-electron chi connectivity index (χ3n) is 3.61. The number of aromatic nitrogens is 1. The Bertz CT molecular complexity index is 848. The van der Waals surface area contributed by atoms with Gasteiger partial charge in [0.25, 0.3) is 5.91 Å². The molecule has 1 aromatic heterocycles. The van der Waals surface area contributed by atoms with Gasteiger partial charge in [-0.1, -0.05) is 30.0 Å². The first-order chi connectivity index (χ1) is 12.1. The first-order valence-corrected chi connectivity index (χ1v) is 8.72. The van der Waals surface area contributed by atoms with Crippen LogP contribution in [0.25, 0.3) is 0 Å². The van der Waals surface area contributed by atoms with E-state index in [9.17, 15) is 4.79 Å². The zero-order valence-corrected chi connectivity index (χ0v) is 15.0. The highest BCUT2D eigenvalue weighted by atomic mass is 32.2. The van der Waals surface area contributed by atoms with Crippen molar-refractivity contribution in [2.45, 2.75) is 9.92 Å². The predicted octanol–water partition coefficient (Wildman–Crippen LogP) is 4.55. The first-order valence-electron chi connectivity index (χ1n) is 7.90. The van der Waals surface area contributed by atoms with Gasteiger partial charge in [-0.3, -0.25) is 4.79 Å². The Hall–Kier alpha value is -2.79. The van der Waals surface area contributed by atoms with E-state index in [0.717, 1.165) is 21.3 Å². The van der Waals surface area contributed by atoms with E-state index >= 15 is 0 Å². The van der Waals surface area contributed by atoms with Gasteiger partial charge < -0.3 is 10.2 Å². The molecule has 4 nitrogen and oxygen atoms in total. The van der Waals surface area contributed by atoms with Gasteiger partial charge in [-0.2, -0.15) is 0 Å². The molecule has 0 radical (unpaired) electrons. The number of nitrogens with one attached hydrogen (secondary N) is 1. The maximum atomic E-state index is 12.5. The number of pyridine rings is 1. The van der Waals surface area contributed by atoms with Gasteiger partial charge >= 0.3 is 0 Å². The number of carbonyl (C=O) groups is 1. The molecule has 0 spiro atoms. The second kappa shape index (κ2) is 7.85. The summed E-state index contributed by atoms with van der Waals surface area (Å²) in [6, 6.07) is 21.1. The van der Waals surface area contributed by atoms with Crippen LogP contribution in [0.1, 0.15) is 10.4 Å². The Morgan fingerprint density at radius 1 is 0.960 bits per heavy atom. The van der Waals surface area contributed by atoms with Gasteiger partial charge in [0.05, 0.1) is 11.4 Å². The molecule has 0 unspecified atom stereocenters. The minimum Gasteiger partial charge on any atom is -0.376 e. The summed E-state index contributed by atoms with van der Waals surface area (Å²) in [6.45, 7) is 0. The monoisotopic (exact) mass is 349 g/mol. The van der Waals surface area contributed by atoms with Gasteiger partial charge in [0, 0.05) is 30.8 Å². The Labute approximate surface area is 151 Å². The Kier molecular flexibility index (Phi) is 5.36. The molecule has 0 aliphatic heterocycles. The summed E-state index contributed by atoms with van der Waals surface area (Å²) in [6.07, 6.45) is 1.77. The van der Waals surface area contributed by atoms with Crippen molar-refractivity contribution in [2.24, 2.45) is 0 Å². The van der Waals surface area contributed by atoms with Gasteiger partial charge in [0.15, 0.2) is 0 Å². The number of carbonyl (C=O) groups excluding carboxylic acids is 1. The SMILES string of the molecule is CN(C)c1ccccc1NC(=O)c1ccc(Sc2ccccn2)cc1. The molecule has 3 rings (SSSR count). The number of anilines is 2. The van der Waals surface area contributed by atoms with Crippen LogP contribution in [0.5, 0.6) is 0 Å². The summed E-state index contributed by atoms with van der Waals surface area (Å²) in [7, 11) is 3.91. The molecule has 0 saturated heterocycles. The largest absolute Gasteiger partial charge is 0.376 e. The molecule has 1 heterocycles. The summed E-state index contributed by atoms with van der Waals surface area (Å²) in [4.78, 5) is 19.8. The molecule has 2 aromatic carbocycles. The fourth-order valence-electron chi connectivity index (χ4n) is 2.37. The fourth-order valence-corrected chi connectivity index (χ4v) is 3.14. The van der Waals surface area contributed by atoms with Gasteiger partial charge in [-0.15, -0.1) is 0 Å². The van der Waals surface area contributed by atoms with E-state index in [4.69, 9.17) is 0 Å². The minimum atomic E-state index is -0.122. The lowest BCUT2D eigenvalue weighted by molar-refractivity contribution is 0.102. The van der Waals surface area contributed by atoms with Crippen molar-refractivity contribution >= 4 is 29.0 Å². The van der Waals surface area contributed by atoms with Crippen LogP contribution in [0.15, 0.2) is 82.8 Å². The molecular weight excluding hydrogens is 330 g/mol. The van der Waals surface area contributed by atoms with Crippen LogP contribution < -0.4 is 10.2 Å². The molecule has 0 atom stereocenters. The number of hydrogen-bond donors (Lipinski definition) is 1. The molecule has 5 heteroatoms. The van der Waals surface area contributed by atoms with E-state index in [-0.39, 0.29) is 5.91 Å². The van der Waals surface area contributed by atoms with E-state index in [1.807, 2.05) is 85.7 Å². The second-order valence-electron chi connectivity index (χ2n) is 5.66. The Morgan fingerprint density at radius 2 is 1.68 bits per heavy atom. The predicted molar refractivity (Wildman–Crippen MR) is 104 cm³/mol. The third-order valence-corrected chi connectivity index (χ3v) is 4.57. The maximum absolute atomic E-state index is 12.5. The number of amides is 1. The zero-order chi connectivity index (χ0) is 17.6. The van der Waals surface area contributed by atoms with Crippen LogP contribution in [0.2, 0.25) is 0 Å². The van der Waals surface area contributed by atoms with Crippen LogP contribution in [0.3, 0.4) is 0 Å². The van der Waals surface area contributed by atoms with Crippen molar-refractivity contribution in [3.05, 3.63) is 78.5 Å². The topological polar surface area (TPSA) is 45.2 Å². The molecule has 3 aromatic rings. The van der Waals surface area contributed by atoms with Gasteiger partial charge in [-0.25, -0.2) is 4.98 Å². The molecule has 126 valence electrons. The lowest BCUT2D eigenvalue weighted by Gasteiger charge is -2.17. The molecule has 0 aliphatic rings. The van der Waals surface area contributed by atoms with E-state index in [0.29, 0.717) is 5.56 Å². The second-order valence-corrected chi connectivity index (χ2v) is 6.75. The van der Waals surface area contributed by atoms with E-state index in [1.54, 1.807) is 18.0 Å². The highest BCUT2D eigenvalue weighted by molar-refractivity contribution is 7.99. The molecule has 0 aliphatic carbocycles. The quantitative estimate of drug-likeness (QED) is 0.734. The molecule has 25 heavy (non-hydrogen) atoms. The molecule has 0 fully saturated rings. The first kappa shape index (κ1) is 17.0. The van der Waals surface area contributed by atoms with Gasteiger partial charge in [0.2, 0.25) is 0 Å². The van der Waals surface area contributed by atoms with Crippen LogP contribution in [0, 0.1) is 0 Å². The zero-order valence-electron chi connectivity index (χ0n) is 14.1. The van der Waals surface area contributed by atoms with Gasteiger partial charge in [-0.05, 0) is 48.5 Å². The van der Waals surface area contributed by atoms with Crippen LogP contribution in [0.4, 0.5) is 11.4 Å². The van der Waals surface area contributed by atoms with Crippen molar-refractivity contribution in [3.63, 3.8) is 0 Å². The number of nitrogens with zero attached hydrogens (tertiary/aromatic N) is 2. The number of rotatable bonds is 5. The van der Waals surface area contributed by atoms with Crippen LogP contribution in [-0.4, -0.2) is 25.0 Å². The van der Waals surface area contributed by atoms with Crippen molar-refractivity contribution in [1.29, 1.82) is 0 Å². The average Bonchev–Trinajstić information content (AvgIpc) is 2.63. The molecule has 0 saturated carbocycles. The van der Waals surface area contributed by atoms with E-state index in [2.05, 4.69) is 10.3 Å². The fraction of sp³-hybridized carbons (Fsp3) is 0.100. The van der Waals surface area contributed by atoms with Crippen molar-refractivity contribution in [2.75, 3.05) is 24.3 Å². The van der Waals surface area contributed by atoms with E-state index < -0.39 is 0 Å². The average molecular weight is 349 g/mol.